The number of methoxy groups -OCH3 is 1. The van der Waals surface area contributed by atoms with Crippen LogP contribution in [0.15, 0.2) is 62.9 Å². The molecule has 0 amide bonds. The molecule has 0 saturated heterocycles. The van der Waals surface area contributed by atoms with Gasteiger partial charge in [-0.3, -0.25) is 4.79 Å². The van der Waals surface area contributed by atoms with Crippen molar-refractivity contribution in [3.05, 3.63) is 80.0 Å². The molecule has 1 aromatic heterocycles. The van der Waals surface area contributed by atoms with Gasteiger partial charge in [0.25, 0.3) is 5.56 Å². The summed E-state index contributed by atoms with van der Waals surface area (Å²) in [6.45, 7) is 12.7. The molecule has 0 radical (unpaired) electrons. The molecule has 0 fully saturated rings. The van der Waals surface area contributed by atoms with Crippen molar-refractivity contribution in [2.24, 2.45) is 5.10 Å². The van der Waals surface area contributed by atoms with Gasteiger partial charge in [-0.2, -0.15) is 9.78 Å². The molecular weight excluding hydrogens is 570 g/mol. The highest BCUT2D eigenvalue weighted by atomic mass is 79.9. The van der Waals surface area contributed by atoms with Gasteiger partial charge in [0.15, 0.2) is 17.3 Å². The molecule has 1 atom stereocenters. The van der Waals surface area contributed by atoms with Crippen molar-refractivity contribution in [3.63, 3.8) is 0 Å². The first-order chi connectivity index (χ1) is 19.2. The summed E-state index contributed by atoms with van der Waals surface area (Å²) in [4.78, 5) is 18.7. The van der Waals surface area contributed by atoms with E-state index in [0.717, 1.165) is 38.9 Å². The monoisotopic (exact) mass is 605 g/mol. The second-order valence-corrected chi connectivity index (χ2v) is 10.8. The zero-order chi connectivity index (χ0) is 29.0. The van der Waals surface area contributed by atoms with E-state index < -0.39 is 0 Å². The average molecular weight is 607 g/mol. The van der Waals surface area contributed by atoms with Crippen molar-refractivity contribution in [3.8, 4) is 28.6 Å². The van der Waals surface area contributed by atoms with Crippen LogP contribution in [-0.4, -0.2) is 35.7 Å². The zero-order valence-electron chi connectivity index (χ0n) is 24.1. The Labute approximate surface area is 243 Å². The molecule has 8 heteroatoms. The maximum Gasteiger partial charge on any atom is 0.282 e. The molecule has 0 aliphatic carbocycles. The van der Waals surface area contributed by atoms with Crippen molar-refractivity contribution in [2.75, 3.05) is 13.7 Å². The number of nitrogens with zero attached hydrogens (tertiary/aromatic N) is 3. The fourth-order valence-electron chi connectivity index (χ4n) is 4.40. The van der Waals surface area contributed by atoms with Crippen LogP contribution in [-0.2, 0) is 0 Å². The molecule has 1 heterocycles. The van der Waals surface area contributed by atoms with E-state index in [0.29, 0.717) is 34.8 Å². The van der Waals surface area contributed by atoms with Crippen molar-refractivity contribution < 1.29 is 14.2 Å². The Morgan fingerprint density at radius 2 is 1.80 bits per heavy atom. The van der Waals surface area contributed by atoms with Crippen molar-refractivity contribution >= 4 is 33.0 Å². The van der Waals surface area contributed by atoms with E-state index in [1.165, 1.54) is 4.68 Å². The molecular formula is C32H36BrN3O4. The molecule has 0 unspecified atom stereocenters. The molecule has 0 aliphatic heterocycles. The van der Waals surface area contributed by atoms with Gasteiger partial charge >= 0.3 is 0 Å². The third-order valence-electron chi connectivity index (χ3n) is 6.77. The lowest BCUT2D eigenvalue weighted by Crippen LogP contribution is -2.21. The number of ether oxygens (including phenoxy) is 3. The molecule has 0 saturated carbocycles. The van der Waals surface area contributed by atoms with Gasteiger partial charge in [0, 0.05) is 15.6 Å². The van der Waals surface area contributed by atoms with E-state index in [9.17, 15) is 4.79 Å². The molecule has 4 rings (SSSR count). The summed E-state index contributed by atoms with van der Waals surface area (Å²) in [7, 11) is 1.67. The van der Waals surface area contributed by atoms with E-state index in [1.807, 2.05) is 63.2 Å². The fraction of sp³-hybridized carbons (Fsp3) is 0.344. The maximum atomic E-state index is 13.8. The van der Waals surface area contributed by atoms with Gasteiger partial charge in [-0.15, -0.1) is 0 Å². The predicted molar refractivity (Wildman–Crippen MR) is 166 cm³/mol. The highest BCUT2D eigenvalue weighted by Gasteiger charge is 2.19. The van der Waals surface area contributed by atoms with Gasteiger partial charge in [-0.25, -0.2) is 4.98 Å². The zero-order valence-corrected chi connectivity index (χ0v) is 25.7. The minimum Gasteiger partial charge on any atom is -0.496 e. The smallest absolute Gasteiger partial charge is 0.282 e. The molecule has 3 aromatic carbocycles. The van der Waals surface area contributed by atoms with E-state index in [1.54, 1.807) is 19.4 Å². The number of halogens is 1. The van der Waals surface area contributed by atoms with E-state index >= 15 is 0 Å². The molecule has 7 nitrogen and oxygen atoms in total. The lowest BCUT2D eigenvalue weighted by Gasteiger charge is -2.18. The normalized spacial score (nSPS) is 12.3. The first-order valence-corrected chi connectivity index (χ1v) is 14.4. The first-order valence-electron chi connectivity index (χ1n) is 13.6. The lowest BCUT2D eigenvalue weighted by atomic mass is 9.96. The topological polar surface area (TPSA) is 74.9 Å². The summed E-state index contributed by atoms with van der Waals surface area (Å²) in [6.07, 6.45) is 2.55. The van der Waals surface area contributed by atoms with Crippen LogP contribution in [0.2, 0.25) is 0 Å². The highest BCUT2D eigenvalue weighted by Crippen LogP contribution is 2.36. The average Bonchev–Trinajstić information content (AvgIpc) is 2.94. The maximum absolute atomic E-state index is 13.8. The highest BCUT2D eigenvalue weighted by molar-refractivity contribution is 9.10. The minimum absolute atomic E-state index is 0.0406. The number of fused-ring (bicyclic) bond motifs is 1. The van der Waals surface area contributed by atoms with E-state index in [4.69, 9.17) is 19.2 Å². The van der Waals surface area contributed by atoms with Gasteiger partial charge in [0.2, 0.25) is 0 Å². The molecule has 0 aliphatic rings. The van der Waals surface area contributed by atoms with Crippen LogP contribution < -0.4 is 19.8 Å². The number of aryl methyl sites for hydroxylation is 1. The summed E-state index contributed by atoms with van der Waals surface area (Å²) >= 11 is 3.65. The van der Waals surface area contributed by atoms with Gasteiger partial charge in [-0.1, -0.05) is 32.9 Å². The molecule has 0 bridgehead atoms. The number of hydrogen-bond acceptors (Lipinski definition) is 6. The number of rotatable bonds is 10. The van der Waals surface area contributed by atoms with Crippen LogP contribution in [0.1, 0.15) is 63.6 Å². The Morgan fingerprint density at radius 1 is 1.05 bits per heavy atom. The standard InChI is InChI=1S/C32H36BrN3O4/c1-8-21(6)40-30-17-26(33)22(15-29(30)39-9-2)18-34-36-31(35-27-13-11-10-12-23(27)32(36)37)25-16-24(19(3)4)28(38-7)14-20(25)5/h10-19,21H,8-9H2,1-7H3/t21-/m0/s1. The van der Waals surface area contributed by atoms with Crippen LogP contribution in [0.3, 0.4) is 0 Å². The largest absolute Gasteiger partial charge is 0.496 e. The minimum atomic E-state index is -0.254. The predicted octanol–water partition coefficient (Wildman–Crippen LogP) is 7.72. The second kappa shape index (κ2) is 12.7. The third kappa shape index (κ3) is 6.07. The molecule has 4 aromatic rings. The summed E-state index contributed by atoms with van der Waals surface area (Å²) in [5.41, 5.74) is 3.87. The summed E-state index contributed by atoms with van der Waals surface area (Å²) in [6, 6.07) is 15.1. The Balaban J connectivity index is 1.92. The Hall–Kier alpha value is -3.65. The lowest BCUT2D eigenvalue weighted by molar-refractivity contribution is 0.203. The van der Waals surface area contributed by atoms with Crippen LogP contribution in [0.5, 0.6) is 17.2 Å². The summed E-state index contributed by atoms with van der Waals surface area (Å²) < 4.78 is 19.7. The van der Waals surface area contributed by atoms with Crippen LogP contribution >= 0.6 is 15.9 Å². The fourth-order valence-corrected chi connectivity index (χ4v) is 4.83. The van der Waals surface area contributed by atoms with E-state index in [2.05, 4.69) is 41.8 Å². The van der Waals surface area contributed by atoms with Crippen molar-refractivity contribution in [1.29, 1.82) is 0 Å². The molecule has 210 valence electrons. The summed E-state index contributed by atoms with van der Waals surface area (Å²) in [5, 5.41) is 5.18. The van der Waals surface area contributed by atoms with Gasteiger partial charge < -0.3 is 14.2 Å². The van der Waals surface area contributed by atoms with Crippen LogP contribution in [0, 0.1) is 6.92 Å². The third-order valence-corrected chi connectivity index (χ3v) is 7.46. The summed E-state index contributed by atoms with van der Waals surface area (Å²) in [5.74, 6) is 2.74. The van der Waals surface area contributed by atoms with E-state index in [-0.39, 0.29) is 17.6 Å². The van der Waals surface area contributed by atoms with Crippen LogP contribution in [0.4, 0.5) is 0 Å². The van der Waals surface area contributed by atoms with Crippen molar-refractivity contribution in [2.45, 2.75) is 60.0 Å². The Morgan fingerprint density at radius 3 is 2.48 bits per heavy atom. The first kappa shape index (κ1) is 29.3. The van der Waals surface area contributed by atoms with Gasteiger partial charge in [-0.05, 0) is 96.6 Å². The molecule has 40 heavy (non-hydrogen) atoms. The number of aromatic nitrogens is 2. The quantitative estimate of drug-likeness (QED) is 0.173. The molecule has 0 N–H and O–H groups in total. The Kier molecular flexibility index (Phi) is 9.30. The van der Waals surface area contributed by atoms with Crippen LogP contribution in [0.25, 0.3) is 22.3 Å². The number of benzene rings is 3. The molecule has 0 spiro atoms. The Bertz CT molecular complexity index is 1610. The van der Waals surface area contributed by atoms with Crippen molar-refractivity contribution in [1.82, 2.24) is 9.66 Å². The number of hydrogen-bond donors (Lipinski definition) is 0. The van der Waals surface area contributed by atoms with Gasteiger partial charge in [0.05, 0.1) is 36.9 Å². The number of para-hydroxylation sites is 1. The second-order valence-electron chi connectivity index (χ2n) is 9.97. The van der Waals surface area contributed by atoms with Gasteiger partial charge in [0.1, 0.15) is 5.75 Å². The SMILES string of the molecule is CCOc1cc(C=Nn2c(-c3cc(C(C)C)c(OC)cc3C)nc3ccccc3c2=O)c(Br)cc1O[C@@H](C)CC.